The topological polar surface area (TPSA) is 18.5 Å². The van der Waals surface area contributed by atoms with Crippen LogP contribution in [-0.2, 0) is 16.3 Å². The van der Waals surface area contributed by atoms with Crippen LogP contribution in [0.15, 0.2) is 24.3 Å². The summed E-state index contributed by atoms with van der Waals surface area (Å²) >= 11 is 10.1. The van der Waals surface area contributed by atoms with Crippen molar-refractivity contribution in [3.8, 4) is 5.75 Å². The van der Waals surface area contributed by atoms with Gasteiger partial charge in [-0.25, -0.2) is 0 Å². The number of ether oxygens (including phenoxy) is 1. The average Bonchev–Trinajstić information content (AvgIpc) is 2.81. The molecule has 1 aromatic carbocycles. The van der Waals surface area contributed by atoms with Crippen molar-refractivity contribution in [1.29, 1.82) is 0 Å². The van der Waals surface area contributed by atoms with Crippen molar-refractivity contribution in [1.82, 2.24) is 0 Å². The Morgan fingerprint density at radius 2 is 1.82 bits per heavy atom. The van der Waals surface area contributed by atoms with E-state index in [0.717, 1.165) is 23.9 Å². The maximum absolute atomic E-state index is 6.01. The maximum atomic E-state index is 6.01. The van der Waals surface area contributed by atoms with Crippen molar-refractivity contribution < 1.29 is 9.26 Å². The Morgan fingerprint density at radius 3 is 2.35 bits per heavy atom. The molecule has 2 rings (SSSR count). The number of benzene rings is 1. The summed E-state index contributed by atoms with van der Waals surface area (Å²) in [5, 5.41) is 1.00. The fourth-order valence-corrected chi connectivity index (χ4v) is 4.82. The smallest absolute Gasteiger partial charge is 0.145 e. The maximum Gasteiger partial charge on any atom is 0.145 e. The molecule has 0 aliphatic heterocycles. The van der Waals surface area contributed by atoms with Crippen LogP contribution in [0.3, 0.4) is 0 Å². The first-order valence-corrected chi connectivity index (χ1v) is 9.65. The van der Waals surface area contributed by atoms with Crippen LogP contribution in [0.2, 0.25) is 0 Å². The highest BCUT2D eigenvalue weighted by molar-refractivity contribution is 8.64. The number of methoxy groups -OCH3 is 1. The monoisotopic (exact) mass is 288 g/mol. The average molecular weight is 288 g/mol. The van der Waals surface area contributed by atoms with Crippen LogP contribution in [0, 0.1) is 0 Å². The van der Waals surface area contributed by atoms with Crippen LogP contribution in [-0.4, -0.2) is 13.2 Å². The lowest BCUT2D eigenvalue weighted by molar-refractivity contribution is 0.242. The van der Waals surface area contributed by atoms with E-state index in [4.69, 9.17) is 21.1 Å². The van der Waals surface area contributed by atoms with Gasteiger partial charge in [0.05, 0.1) is 13.2 Å². The van der Waals surface area contributed by atoms with E-state index in [9.17, 15) is 0 Å². The summed E-state index contributed by atoms with van der Waals surface area (Å²) in [6.07, 6.45) is 5.04. The number of hydrogen-bond acceptors (Lipinski definition) is 3. The van der Waals surface area contributed by atoms with E-state index in [1.807, 2.05) is 24.3 Å². The molecule has 0 bridgehead atoms. The number of rotatable bonds is 4. The number of thiol groups is 1. The fraction of sp³-hybridized carbons (Fsp3) is 0.500. The van der Waals surface area contributed by atoms with Crippen LogP contribution in [0.1, 0.15) is 25.7 Å². The lowest BCUT2D eigenvalue weighted by Crippen LogP contribution is -2.10. The third kappa shape index (κ3) is 3.47. The summed E-state index contributed by atoms with van der Waals surface area (Å²) in [6.45, 7) is 0. The first-order chi connectivity index (χ1) is 8.12. The van der Waals surface area contributed by atoms with Gasteiger partial charge in [0.2, 0.25) is 0 Å². The lowest BCUT2D eigenvalue weighted by atomic mass is 10.3. The van der Waals surface area contributed by atoms with Gasteiger partial charge in [0.25, 0.3) is 0 Å². The molecule has 1 fully saturated rings. The predicted molar refractivity (Wildman–Crippen MR) is 79.2 cm³/mol. The molecule has 0 spiro atoms. The van der Waals surface area contributed by atoms with E-state index in [0.29, 0.717) is 6.10 Å². The molecule has 0 aromatic heterocycles. The zero-order chi connectivity index (χ0) is 12.3. The molecule has 0 radical (unpaired) electrons. The molecule has 1 aromatic rings. The molecular weight excluding hydrogens is 271 g/mol. The second-order valence-corrected chi connectivity index (χ2v) is 10.0. The van der Waals surface area contributed by atoms with Crippen LogP contribution in [0.5, 0.6) is 5.75 Å². The van der Waals surface area contributed by atoms with Gasteiger partial charge in [-0.1, -0.05) is 24.6 Å². The summed E-state index contributed by atoms with van der Waals surface area (Å²) in [6, 6.07) is 7.73. The Morgan fingerprint density at radius 1 is 1.24 bits per heavy atom. The molecule has 5 heteroatoms. The molecule has 1 unspecified atom stereocenters. The van der Waals surface area contributed by atoms with Gasteiger partial charge in [-0.3, -0.25) is 0 Å². The van der Waals surface area contributed by atoms with Gasteiger partial charge in [-0.15, -0.1) is 12.2 Å². The second-order valence-electron chi connectivity index (χ2n) is 4.23. The lowest BCUT2D eigenvalue weighted by Gasteiger charge is -2.21. The molecule has 1 aliphatic rings. The molecule has 2 nitrogen and oxygen atoms in total. The third-order valence-corrected chi connectivity index (χ3v) is 6.39. The molecule has 1 saturated carbocycles. The second kappa shape index (κ2) is 5.75. The highest BCUT2D eigenvalue weighted by Crippen LogP contribution is 2.53. The minimum atomic E-state index is -2.15. The van der Waals surface area contributed by atoms with Crippen LogP contribution >= 0.6 is 17.7 Å². The zero-order valence-electron chi connectivity index (χ0n) is 9.83. The normalized spacial score (nSPS) is 20.1. The van der Waals surface area contributed by atoms with Gasteiger partial charge in [-0.2, -0.15) is 0 Å². The van der Waals surface area contributed by atoms with E-state index in [1.165, 1.54) is 12.8 Å². The minimum Gasteiger partial charge on any atom is -0.497 e. The van der Waals surface area contributed by atoms with Crippen molar-refractivity contribution in [2.75, 3.05) is 7.11 Å². The van der Waals surface area contributed by atoms with Gasteiger partial charge in [0, 0.05) is 5.30 Å². The van der Waals surface area contributed by atoms with E-state index in [-0.39, 0.29) is 0 Å². The predicted octanol–water partition coefficient (Wildman–Crippen LogP) is 3.52. The Balaban J connectivity index is 2.09. The van der Waals surface area contributed by atoms with Gasteiger partial charge >= 0.3 is 0 Å². The largest absolute Gasteiger partial charge is 0.497 e. The Hall–Kier alpha value is -0.0200. The van der Waals surface area contributed by atoms with Crippen molar-refractivity contribution in [2.45, 2.75) is 31.8 Å². The standard InChI is InChI=1S/C12H17O2PS2/c1-13-10-6-8-12(9-7-10)15(16,17)14-11-4-2-3-5-11/h6-9,11H,2-5H2,1H3,(H,16,17). The zero-order valence-corrected chi connectivity index (χ0v) is 12.4. The van der Waals surface area contributed by atoms with E-state index in [1.54, 1.807) is 7.11 Å². The SMILES string of the molecule is COc1ccc(P(=S)(S)OC2CCCC2)cc1. The Kier molecular flexibility index (Phi) is 4.53. The Bertz CT molecular complexity index is 413. The summed E-state index contributed by atoms with van der Waals surface area (Å²) in [4.78, 5) is 0. The van der Waals surface area contributed by atoms with Gasteiger partial charge < -0.3 is 9.26 Å². The molecular formula is C12H17O2PS2. The van der Waals surface area contributed by atoms with Crippen molar-refractivity contribution in [2.24, 2.45) is 0 Å². The summed E-state index contributed by atoms with van der Waals surface area (Å²) < 4.78 is 11.1. The van der Waals surface area contributed by atoms with Gasteiger partial charge in [0.15, 0.2) is 0 Å². The molecule has 1 atom stereocenters. The van der Waals surface area contributed by atoms with Crippen molar-refractivity contribution >= 4 is 34.8 Å². The molecule has 0 N–H and O–H groups in total. The van der Waals surface area contributed by atoms with E-state index >= 15 is 0 Å². The Labute approximate surface area is 113 Å². The summed E-state index contributed by atoms with van der Waals surface area (Å²) in [7, 11) is 1.65. The molecule has 17 heavy (non-hydrogen) atoms. The molecule has 0 amide bonds. The summed E-state index contributed by atoms with van der Waals surface area (Å²) in [5.74, 6) is 0.831. The quantitative estimate of drug-likeness (QED) is 0.675. The van der Waals surface area contributed by atoms with Gasteiger partial charge in [0.1, 0.15) is 11.2 Å². The summed E-state index contributed by atoms with van der Waals surface area (Å²) in [5.41, 5.74) is -2.15. The first kappa shape index (κ1) is 13.4. The van der Waals surface area contributed by atoms with E-state index < -0.39 is 5.47 Å². The molecule has 0 heterocycles. The fourth-order valence-electron chi connectivity index (χ4n) is 2.03. The third-order valence-electron chi connectivity index (χ3n) is 2.99. The van der Waals surface area contributed by atoms with Crippen LogP contribution < -0.4 is 10.0 Å². The van der Waals surface area contributed by atoms with Crippen LogP contribution in [0.25, 0.3) is 0 Å². The first-order valence-electron chi connectivity index (χ1n) is 5.77. The van der Waals surface area contributed by atoms with Crippen molar-refractivity contribution in [3.63, 3.8) is 0 Å². The minimum absolute atomic E-state index is 0.306. The highest BCUT2D eigenvalue weighted by Gasteiger charge is 2.24. The van der Waals surface area contributed by atoms with E-state index in [2.05, 4.69) is 12.2 Å². The number of hydrogen-bond donors (Lipinski definition) is 1. The molecule has 1 aliphatic carbocycles. The highest BCUT2D eigenvalue weighted by atomic mass is 32.9. The van der Waals surface area contributed by atoms with Crippen molar-refractivity contribution in [3.05, 3.63) is 24.3 Å². The van der Waals surface area contributed by atoms with Gasteiger partial charge in [-0.05, 0) is 37.1 Å². The van der Waals surface area contributed by atoms with Crippen LogP contribution in [0.4, 0.5) is 0 Å². The molecule has 94 valence electrons. The molecule has 0 saturated heterocycles.